The van der Waals surface area contributed by atoms with Crippen molar-refractivity contribution in [3.63, 3.8) is 0 Å². The van der Waals surface area contributed by atoms with Gasteiger partial charge in [0.05, 0.1) is 14.2 Å². The first-order chi connectivity index (χ1) is 8.31. The molecular weight excluding hydrogens is 254 g/mol. The van der Waals surface area contributed by atoms with Crippen LogP contribution < -0.4 is 19.5 Å². The SMILES string of the molecule is COc1cc(OC)cc(OC2CCNCC2)c1.Cl. The second kappa shape index (κ2) is 7.34. The Kier molecular flexibility index (Phi) is 6.09. The van der Waals surface area contributed by atoms with Crippen LogP contribution in [-0.2, 0) is 0 Å². The van der Waals surface area contributed by atoms with Crippen molar-refractivity contribution in [1.29, 1.82) is 0 Å². The lowest BCUT2D eigenvalue weighted by molar-refractivity contribution is 0.161. The number of rotatable bonds is 4. The fourth-order valence-electron chi connectivity index (χ4n) is 1.96. The van der Waals surface area contributed by atoms with Crippen LogP contribution in [0.5, 0.6) is 17.2 Å². The first-order valence-corrected chi connectivity index (χ1v) is 5.92. The van der Waals surface area contributed by atoms with Crippen LogP contribution in [0.15, 0.2) is 18.2 Å². The average Bonchev–Trinajstić information content (AvgIpc) is 2.39. The summed E-state index contributed by atoms with van der Waals surface area (Å²) in [6, 6.07) is 5.63. The second-order valence-corrected chi connectivity index (χ2v) is 4.12. The Morgan fingerprint density at radius 1 is 0.944 bits per heavy atom. The van der Waals surface area contributed by atoms with E-state index in [2.05, 4.69) is 5.32 Å². The first-order valence-electron chi connectivity index (χ1n) is 5.92. The fraction of sp³-hybridized carbons (Fsp3) is 0.538. The van der Waals surface area contributed by atoms with Gasteiger partial charge in [0.2, 0.25) is 0 Å². The molecule has 2 rings (SSSR count). The van der Waals surface area contributed by atoms with Crippen molar-refractivity contribution in [2.24, 2.45) is 0 Å². The fourth-order valence-corrected chi connectivity index (χ4v) is 1.96. The van der Waals surface area contributed by atoms with Gasteiger partial charge in [-0.15, -0.1) is 12.4 Å². The Hall–Kier alpha value is -1.13. The number of ether oxygens (including phenoxy) is 3. The van der Waals surface area contributed by atoms with Crippen molar-refractivity contribution < 1.29 is 14.2 Å². The zero-order chi connectivity index (χ0) is 12.1. The molecule has 0 unspecified atom stereocenters. The summed E-state index contributed by atoms with van der Waals surface area (Å²) in [5.41, 5.74) is 0. The van der Waals surface area contributed by atoms with E-state index in [1.165, 1.54) is 0 Å². The Balaban J connectivity index is 0.00000162. The number of hydrogen-bond donors (Lipinski definition) is 1. The molecule has 1 aliphatic rings. The zero-order valence-corrected chi connectivity index (χ0v) is 11.6. The highest BCUT2D eigenvalue weighted by molar-refractivity contribution is 5.85. The summed E-state index contributed by atoms with van der Waals surface area (Å²) < 4.78 is 16.4. The summed E-state index contributed by atoms with van der Waals surface area (Å²) in [4.78, 5) is 0. The monoisotopic (exact) mass is 273 g/mol. The third-order valence-corrected chi connectivity index (χ3v) is 2.91. The Bertz CT molecular complexity index is 345. The van der Waals surface area contributed by atoms with Crippen molar-refractivity contribution in [2.45, 2.75) is 18.9 Å². The molecule has 1 saturated heterocycles. The van der Waals surface area contributed by atoms with Gasteiger partial charge in [0.25, 0.3) is 0 Å². The third kappa shape index (κ3) is 3.96. The lowest BCUT2D eigenvalue weighted by atomic mass is 10.1. The van der Waals surface area contributed by atoms with Gasteiger partial charge in [0.1, 0.15) is 23.4 Å². The van der Waals surface area contributed by atoms with Crippen LogP contribution in [0.25, 0.3) is 0 Å². The maximum atomic E-state index is 5.94. The number of nitrogens with one attached hydrogen (secondary N) is 1. The van der Waals surface area contributed by atoms with E-state index < -0.39 is 0 Å². The molecule has 0 atom stereocenters. The molecule has 0 bridgehead atoms. The van der Waals surface area contributed by atoms with Crippen LogP contribution in [0.3, 0.4) is 0 Å². The predicted molar refractivity (Wildman–Crippen MR) is 73.3 cm³/mol. The van der Waals surface area contributed by atoms with Gasteiger partial charge >= 0.3 is 0 Å². The van der Waals surface area contributed by atoms with Crippen LogP contribution in [0, 0.1) is 0 Å². The molecule has 4 nitrogen and oxygen atoms in total. The molecule has 0 aliphatic carbocycles. The number of piperidine rings is 1. The number of hydrogen-bond acceptors (Lipinski definition) is 4. The minimum Gasteiger partial charge on any atom is -0.496 e. The van der Waals surface area contributed by atoms with E-state index in [0.717, 1.165) is 43.2 Å². The molecule has 0 saturated carbocycles. The standard InChI is InChI=1S/C13H19NO3.ClH/c1-15-11-7-12(16-2)9-13(8-11)17-10-3-5-14-6-4-10;/h7-10,14H,3-6H2,1-2H3;1H. The van der Waals surface area contributed by atoms with E-state index >= 15 is 0 Å². The van der Waals surface area contributed by atoms with Gasteiger partial charge < -0.3 is 19.5 Å². The molecule has 0 spiro atoms. The molecule has 0 radical (unpaired) electrons. The highest BCUT2D eigenvalue weighted by atomic mass is 35.5. The van der Waals surface area contributed by atoms with E-state index in [1.54, 1.807) is 14.2 Å². The van der Waals surface area contributed by atoms with E-state index in [-0.39, 0.29) is 18.5 Å². The topological polar surface area (TPSA) is 39.7 Å². The summed E-state index contributed by atoms with van der Waals surface area (Å²) in [5, 5.41) is 3.32. The third-order valence-electron chi connectivity index (χ3n) is 2.91. The Labute approximate surface area is 114 Å². The molecule has 1 aliphatic heterocycles. The highest BCUT2D eigenvalue weighted by Crippen LogP contribution is 2.28. The normalized spacial score (nSPS) is 15.7. The number of benzene rings is 1. The minimum absolute atomic E-state index is 0. The first kappa shape index (κ1) is 14.9. The molecule has 0 amide bonds. The molecule has 1 fully saturated rings. The van der Waals surface area contributed by atoms with Gasteiger partial charge in [-0.2, -0.15) is 0 Å². The molecule has 1 aromatic carbocycles. The Morgan fingerprint density at radius 3 is 1.94 bits per heavy atom. The summed E-state index contributed by atoms with van der Waals surface area (Å²) in [6.45, 7) is 2.04. The second-order valence-electron chi connectivity index (χ2n) is 4.12. The van der Waals surface area contributed by atoms with Crippen LogP contribution in [0.1, 0.15) is 12.8 Å². The Morgan fingerprint density at radius 2 is 1.44 bits per heavy atom. The van der Waals surface area contributed by atoms with Crippen molar-refractivity contribution in [1.82, 2.24) is 5.32 Å². The van der Waals surface area contributed by atoms with Crippen molar-refractivity contribution in [2.75, 3.05) is 27.3 Å². The van der Waals surface area contributed by atoms with Gasteiger partial charge in [-0.05, 0) is 25.9 Å². The predicted octanol–water partition coefficient (Wildman–Crippen LogP) is 2.26. The van der Waals surface area contributed by atoms with Gasteiger partial charge in [0.15, 0.2) is 0 Å². The molecule has 1 heterocycles. The van der Waals surface area contributed by atoms with Crippen LogP contribution in [0.2, 0.25) is 0 Å². The molecule has 102 valence electrons. The van der Waals surface area contributed by atoms with Gasteiger partial charge in [0, 0.05) is 18.2 Å². The summed E-state index contributed by atoms with van der Waals surface area (Å²) in [5.74, 6) is 2.33. The molecule has 0 aromatic heterocycles. The smallest absolute Gasteiger partial charge is 0.127 e. The van der Waals surface area contributed by atoms with Crippen LogP contribution >= 0.6 is 12.4 Å². The van der Waals surface area contributed by atoms with Gasteiger partial charge in [-0.25, -0.2) is 0 Å². The summed E-state index contributed by atoms with van der Waals surface area (Å²) >= 11 is 0. The van der Waals surface area contributed by atoms with Gasteiger partial charge in [-0.1, -0.05) is 0 Å². The lowest BCUT2D eigenvalue weighted by Gasteiger charge is -2.24. The number of halogens is 1. The largest absolute Gasteiger partial charge is 0.496 e. The quantitative estimate of drug-likeness (QED) is 0.913. The van der Waals surface area contributed by atoms with E-state index in [4.69, 9.17) is 14.2 Å². The summed E-state index contributed by atoms with van der Waals surface area (Å²) in [6.07, 6.45) is 2.37. The molecule has 1 aromatic rings. The van der Waals surface area contributed by atoms with Gasteiger partial charge in [-0.3, -0.25) is 0 Å². The zero-order valence-electron chi connectivity index (χ0n) is 10.8. The maximum Gasteiger partial charge on any atom is 0.127 e. The van der Waals surface area contributed by atoms with Crippen LogP contribution in [0.4, 0.5) is 0 Å². The average molecular weight is 274 g/mol. The lowest BCUT2D eigenvalue weighted by Crippen LogP contribution is -2.34. The van der Waals surface area contributed by atoms with E-state index in [0.29, 0.717) is 0 Å². The minimum atomic E-state index is 0. The molecule has 5 heteroatoms. The van der Waals surface area contributed by atoms with E-state index in [9.17, 15) is 0 Å². The van der Waals surface area contributed by atoms with Crippen molar-refractivity contribution in [3.05, 3.63) is 18.2 Å². The van der Waals surface area contributed by atoms with Crippen molar-refractivity contribution in [3.8, 4) is 17.2 Å². The maximum absolute atomic E-state index is 5.94. The van der Waals surface area contributed by atoms with Crippen LogP contribution in [-0.4, -0.2) is 33.4 Å². The molecule has 1 N–H and O–H groups in total. The summed E-state index contributed by atoms with van der Waals surface area (Å²) in [7, 11) is 3.28. The number of methoxy groups -OCH3 is 2. The molecular formula is C13H20ClNO3. The van der Waals surface area contributed by atoms with E-state index in [1.807, 2.05) is 18.2 Å². The van der Waals surface area contributed by atoms with Crippen molar-refractivity contribution >= 4 is 12.4 Å². The molecule has 18 heavy (non-hydrogen) atoms. The highest BCUT2D eigenvalue weighted by Gasteiger charge is 2.15.